The summed E-state index contributed by atoms with van der Waals surface area (Å²) in [5, 5.41) is 8.39. The molecule has 0 aliphatic carbocycles. The molecule has 0 radical (unpaired) electrons. The van der Waals surface area contributed by atoms with Crippen LogP contribution in [0.25, 0.3) is 10.2 Å². The van der Waals surface area contributed by atoms with Gasteiger partial charge in [0.15, 0.2) is 5.54 Å². The minimum Gasteiger partial charge on any atom is -0.356 e. The van der Waals surface area contributed by atoms with Gasteiger partial charge < -0.3 is 10.2 Å². The second kappa shape index (κ2) is 6.52. The molecule has 2 fully saturated rings. The number of carbonyl (C=O) groups excluding carboxylic acids is 2. The Morgan fingerprint density at radius 2 is 2.04 bits per heavy atom. The van der Waals surface area contributed by atoms with Crippen LogP contribution in [0.3, 0.4) is 0 Å². The molecule has 0 spiro atoms. The van der Waals surface area contributed by atoms with Gasteiger partial charge in [0.05, 0.1) is 5.39 Å². The maximum Gasteiger partial charge on any atom is 0.322 e. The Morgan fingerprint density at radius 3 is 2.75 bits per heavy atom. The van der Waals surface area contributed by atoms with Crippen molar-refractivity contribution in [1.82, 2.24) is 25.6 Å². The van der Waals surface area contributed by atoms with E-state index >= 15 is 0 Å². The van der Waals surface area contributed by atoms with Crippen molar-refractivity contribution in [3.8, 4) is 0 Å². The minimum absolute atomic E-state index is 0.0285. The third-order valence-corrected chi connectivity index (χ3v) is 6.48. The highest BCUT2D eigenvalue weighted by atomic mass is 32.1. The topological polar surface area (TPSA) is 100 Å². The Bertz CT molecular complexity index is 1050. The van der Waals surface area contributed by atoms with Crippen molar-refractivity contribution in [2.75, 3.05) is 18.0 Å². The van der Waals surface area contributed by atoms with Crippen molar-refractivity contribution in [3.05, 3.63) is 47.9 Å². The van der Waals surface area contributed by atoms with Crippen LogP contribution < -0.4 is 15.5 Å². The van der Waals surface area contributed by atoms with Crippen molar-refractivity contribution in [1.29, 1.82) is 0 Å². The molecule has 5 rings (SSSR count). The number of piperidine rings is 1. The van der Waals surface area contributed by atoms with Gasteiger partial charge in [0.2, 0.25) is 0 Å². The summed E-state index contributed by atoms with van der Waals surface area (Å²) >= 11 is 1.60. The molecule has 1 unspecified atom stereocenters. The number of pyridine rings is 1. The molecule has 9 heteroatoms. The van der Waals surface area contributed by atoms with Crippen LogP contribution in [0, 0.1) is 5.92 Å². The molecule has 3 aromatic rings. The first-order valence-corrected chi connectivity index (χ1v) is 10.0. The Hall–Kier alpha value is -3.07. The number of imide groups is 1. The molecular weight excluding hydrogens is 376 g/mol. The summed E-state index contributed by atoms with van der Waals surface area (Å²) < 4.78 is 0. The first-order chi connectivity index (χ1) is 13.7. The van der Waals surface area contributed by atoms with E-state index in [1.165, 1.54) is 0 Å². The normalized spacial score (nSPS) is 23.1. The van der Waals surface area contributed by atoms with Crippen LogP contribution in [-0.4, -0.2) is 40.0 Å². The summed E-state index contributed by atoms with van der Waals surface area (Å²) in [5.74, 6) is 0.602. The molecule has 28 heavy (non-hydrogen) atoms. The van der Waals surface area contributed by atoms with Crippen molar-refractivity contribution in [2.24, 2.45) is 5.92 Å². The summed E-state index contributed by atoms with van der Waals surface area (Å²) in [6, 6.07) is 5.23. The summed E-state index contributed by atoms with van der Waals surface area (Å²) in [6.45, 7) is 1.50. The number of carbonyl (C=O) groups is 2. The van der Waals surface area contributed by atoms with Gasteiger partial charge in [-0.3, -0.25) is 15.1 Å². The summed E-state index contributed by atoms with van der Waals surface area (Å²) in [4.78, 5) is 41.0. The van der Waals surface area contributed by atoms with Gasteiger partial charge in [-0.2, -0.15) is 0 Å². The molecule has 3 amide bonds. The SMILES string of the molecule is O=C1NC(=O)C(c2cccnc2)(C2CCN(c3ncnc4sccc34)CC2)N1. The number of thiophene rings is 1. The lowest BCUT2D eigenvalue weighted by molar-refractivity contribution is -0.126. The van der Waals surface area contributed by atoms with Crippen LogP contribution in [0.5, 0.6) is 0 Å². The monoisotopic (exact) mass is 394 g/mol. The molecule has 0 saturated carbocycles. The van der Waals surface area contributed by atoms with Gasteiger partial charge >= 0.3 is 6.03 Å². The molecule has 5 heterocycles. The second-order valence-electron chi connectivity index (χ2n) is 7.06. The lowest BCUT2D eigenvalue weighted by atomic mass is 9.73. The van der Waals surface area contributed by atoms with Crippen LogP contribution in [-0.2, 0) is 10.3 Å². The van der Waals surface area contributed by atoms with E-state index < -0.39 is 11.6 Å². The summed E-state index contributed by atoms with van der Waals surface area (Å²) in [5.41, 5.74) is -0.347. The van der Waals surface area contributed by atoms with E-state index in [1.54, 1.807) is 36.1 Å². The molecule has 2 saturated heterocycles. The molecule has 2 aliphatic heterocycles. The molecular formula is C19H18N6O2S. The number of nitrogens with zero attached hydrogens (tertiary/aromatic N) is 4. The summed E-state index contributed by atoms with van der Waals surface area (Å²) in [7, 11) is 0. The first-order valence-electron chi connectivity index (χ1n) is 9.16. The number of hydrogen-bond donors (Lipinski definition) is 2. The van der Waals surface area contributed by atoms with E-state index in [4.69, 9.17) is 0 Å². The predicted molar refractivity (Wildman–Crippen MR) is 105 cm³/mol. The number of fused-ring (bicyclic) bond motifs is 1. The Morgan fingerprint density at radius 1 is 1.18 bits per heavy atom. The predicted octanol–water partition coefficient (Wildman–Crippen LogP) is 2.04. The molecule has 2 N–H and O–H groups in total. The number of nitrogens with one attached hydrogen (secondary N) is 2. The van der Waals surface area contributed by atoms with E-state index in [9.17, 15) is 9.59 Å². The summed E-state index contributed by atoms with van der Waals surface area (Å²) in [6.07, 6.45) is 6.42. The van der Waals surface area contributed by atoms with E-state index in [-0.39, 0.29) is 11.8 Å². The molecule has 3 aromatic heterocycles. The number of hydrogen-bond acceptors (Lipinski definition) is 7. The second-order valence-corrected chi connectivity index (χ2v) is 7.95. The van der Waals surface area contributed by atoms with Gasteiger partial charge in [0.1, 0.15) is 17.0 Å². The van der Waals surface area contributed by atoms with Crippen LogP contribution in [0.15, 0.2) is 42.3 Å². The highest BCUT2D eigenvalue weighted by molar-refractivity contribution is 7.16. The molecule has 1 atom stereocenters. The lowest BCUT2D eigenvalue weighted by Gasteiger charge is -2.41. The minimum atomic E-state index is -1.07. The van der Waals surface area contributed by atoms with Gasteiger partial charge in [-0.15, -0.1) is 11.3 Å². The van der Waals surface area contributed by atoms with Crippen molar-refractivity contribution >= 4 is 39.3 Å². The number of urea groups is 1. The van der Waals surface area contributed by atoms with Crippen molar-refractivity contribution < 1.29 is 9.59 Å². The molecule has 2 aliphatic rings. The standard InChI is InChI=1S/C19H18N6O2S/c26-17-19(24-18(27)23-17,13-2-1-6-20-10-13)12-3-7-25(8-4-12)15-14-5-9-28-16(14)22-11-21-15/h1-2,5-6,9-12H,3-4,7-8H2,(H2,23,24,26,27). The maximum absolute atomic E-state index is 12.8. The van der Waals surface area contributed by atoms with Crippen LogP contribution in [0.4, 0.5) is 10.6 Å². The van der Waals surface area contributed by atoms with Gasteiger partial charge in [0.25, 0.3) is 5.91 Å². The number of aromatic nitrogens is 3. The van der Waals surface area contributed by atoms with E-state index in [2.05, 4.69) is 30.5 Å². The Kier molecular flexibility index (Phi) is 3.97. The Balaban J connectivity index is 1.44. The molecule has 0 bridgehead atoms. The molecule has 8 nitrogen and oxygen atoms in total. The van der Waals surface area contributed by atoms with Gasteiger partial charge in [-0.05, 0) is 36.3 Å². The average molecular weight is 394 g/mol. The smallest absolute Gasteiger partial charge is 0.322 e. The van der Waals surface area contributed by atoms with Gasteiger partial charge in [-0.25, -0.2) is 14.8 Å². The van der Waals surface area contributed by atoms with Gasteiger partial charge in [0, 0.05) is 31.0 Å². The van der Waals surface area contributed by atoms with Crippen molar-refractivity contribution in [2.45, 2.75) is 18.4 Å². The van der Waals surface area contributed by atoms with Gasteiger partial charge in [-0.1, -0.05) is 6.07 Å². The number of rotatable bonds is 3. The van der Waals surface area contributed by atoms with Crippen LogP contribution >= 0.6 is 11.3 Å². The average Bonchev–Trinajstić information content (AvgIpc) is 3.33. The maximum atomic E-state index is 12.8. The highest BCUT2D eigenvalue weighted by Gasteiger charge is 2.53. The quantitative estimate of drug-likeness (QED) is 0.660. The van der Waals surface area contributed by atoms with E-state index in [0.717, 1.165) is 47.5 Å². The zero-order chi connectivity index (χ0) is 19.1. The van der Waals surface area contributed by atoms with E-state index in [0.29, 0.717) is 0 Å². The van der Waals surface area contributed by atoms with Crippen molar-refractivity contribution in [3.63, 3.8) is 0 Å². The molecule has 0 aromatic carbocycles. The van der Waals surface area contributed by atoms with Crippen LogP contribution in [0.1, 0.15) is 18.4 Å². The first kappa shape index (κ1) is 17.1. The lowest BCUT2D eigenvalue weighted by Crippen LogP contribution is -2.53. The number of amides is 3. The highest BCUT2D eigenvalue weighted by Crippen LogP contribution is 2.40. The van der Waals surface area contributed by atoms with E-state index in [1.807, 2.05) is 17.5 Å². The van der Waals surface area contributed by atoms with Crippen LogP contribution in [0.2, 0.25) is 0 Å². The Labute approximate surface area is 165 Å². The third-order valence-electron chi connectivity index (χ3n) is 5.66. The fourth-order valence-electron chi connectivity index (χ4n) is 4.34. The fourth-order valence-corrected chi connectivity index (χ4v) is 5.07. The zero-order valence-corrected chi connectivity index (χ0v) is 15.8. The third kappa shape index (κ3) is 2.54. The zero-order valence-electron chi connectivity index (χ0n) is 15.0. The largest absolute Gasteiger partial charge is 0.356 e. The molecule has 142 valence electrons. The number of anilines is 1. The fraction of sp³-hybridized carbons (Fsp3) is 0.316.